The predicted octanol–water partition coefficient (Wildman–Crippen LogP) is 1.89. The van der Waals surface area contributed by atoms with Gasteiger partial charge < -0.3 is 15.5 Å². The predicted molar refractivity (Wildman–Crippen MR) is 86.6 cm³/mol. The number of nitrogens with zero attached hydrogens (tertiary/aromatic N) is 4. The van der Waals surface area contributed by atoms with E-state index in [1.54, 1.807) is 6.33 Å². The highest BCUT2D eigenvalue weighted by Gasteiger charge is 2.33. The van der Waals surface area contributed by atoms with Crippen molar-refractivity contribution in [1.82, 2.24) is 9.97 Å². The second-order valence-corrected chi connectivity index (χ2v) is 6.76. The first kappa shape index (κ1) is 14.6. The van der Waals surface area contributed by atoms with Crippen molar-refractivity contribution < 1.29 is 0 Å². The van der Waals surface area contributed by atoms with Crippen LogP contribution in [0.25, 0.3) is 0 Å². The van der Waals surface area contributed by atoms with E-state index in [1.165, 1.54) is 19.3 Å². The summed E-state index contributed by atoms with van der Waals surface area (Å²) in [5.74, 6) is 3.28. The normalized spacial score (nSPS) is 26.7. The second-order valence-electron chi connectivity index (χ2n) is 6.76. The van der Waals surface area contributed by atoms with Crippen molar-refractivity contribution in [2.24, 2.45) is 17.6 Å². The maximum atomic E-state index is 6.29. The summed E-state index contributed by atoms with van der Waals surface area (Å²) in [6.07, 6.45) is 5.58. The fourth-order valence-corrected chi connectivity index (χ4v) is 3.55. The Bertz CT molecular complexity index is 469. The molecule has 116 valence electrons. The van der Waals surface area contributed by atoms with Crippen molar-refractivity contribution in [1.29, 1.82) is 0 Å². The molecule has 0 aliphatic carbocycles. The maximum Gasteiger partial charge on any atom is 0.134 e. The first-order valence-corrected chi connectivity index (χ1v) is 8.22. The monoisotopic (exact) mass is 289 g/mol. The quantitative estimate of drug-likeness (QED) is 0.921. The van der Waals surface area contributed by atoms with Crippen LogP contribution in [0.5, 0.6) is 0 Å². The van der Waals surface area contributed by atoms with Crippen molar-refractivity contribution >= 4 is 11.6 Å². The molecule has 2 N–H and O–H groups in total. The molecule has 3 rings (SSSR count). The van der Waals surface area contributed by atoms with Gasteiger partial charge in [-0.3, -0.25) is 0 Å². The lowest BCUT2D eigenvalue weighted by Gasteiger charge is -2.28. The Morgan fingerprint density at radius 3 is 2.33 bits per heavy atom. The molecule has 1 aromatic heterocycles. The van der Waals surface area contributed by atoms with Crippen molar-refractivity contribution in [3.8, 4) is 0 Å². The second kappa shape index (κ2) is 6.18. The van der Waals surface area contributed by atoms with Crippen LogP contribution in [0.4, 0.5) is 11.6 Å². The Labute approximate surface area is 127 Å². The molecule has 2 aliphatic rings. The molecule has 0 unspecified atom stereocenters. The van der Waals surface area contributed by atoms with E-state index in [-0.39, 0.29) is 6.04 Å². The highest BCUT2D eigenvalue weighted by atomic mass is 15.3. The third kappa shape index (κ3) is 3.12. The van der Waals surface area contributed by atoms with E-state index in [1.807, 2.05) is 0 Å². The molecule has 5 nitrogen and oxygen atoms in total. The molecule has 0 saturated carbocycles. The van der Waals surface area contributed by atoms with E-state index in [4.69, 9.17) is 5.73 Å². The number of rotatable bonds is 3. The molecule has 0 bridgehead atoms. The summed E-state index contributed by atoms with van der Waals surface area (Å²) in [6.45, 7) is 8.66. The molecule has 5 heteroatoms. The largest absolute Gasteiger partial charge is 0.356 e. The maximum absolute atomic E-state index is 6.29. The zero-order valence-electron chi connectivity index (χ0n) is 13.2. The standard InChI is InChI=1S/C16H27N5/c1-12(2)13-9-21(10-14(13)17)16-8-15(18-11-19-16)20-6-4-3-5-7-20/h8,11-14H,3-7,9-10,17H2,1-2H3/t13-,14+/m1/s1. The zero-order chi connectivity index (χ0) is 14.8. The third-order valence-electron chi connectivity index (χ3n) is 4.91. The molecule has 2 fully saturated rings. The highest BCUT2D eigenvalue weighted by molar-refractivity contribution is 5.51. The summed E-state index contributed by atoms with van der Waals surface area (Å²) in [5, 5.41) is 0. The molecule has 21 heavy (non-hydrogen) atoms. The van der Waals surface area contributed by atoms with Crippen molar-refractivity contribution in [3.05, 3.63) is 12.4 Å². The van der Waals surface area contributed by atoms with Gasteiger partial charge in [-0.2, -0.15) is 0 Å². The molecule has 0 radical (unpaired) electrons. The molecule has 2 aliphatic heterocycles. The lowest BCUT2D eigenvalue weighted by molar-refractivity contribution is 0.382. The minimum Gasteiger partial charge on any atom is -0.356 e. The molecular formula is C16H27N5. The van der Waals surface area contributed by atoms with Crippen molar-refractivity contribution in [2.75, 3.05) is 36.0 Å². The third-order valence-corrected chi connectivity index (χ3v) is 4.91. The molecule has 1 aromatic rings. The van der Waals surface area contributed by atoms with E-state index in [0.29, 0.717) is 11.8 Å². The number of anilines is 2. The van der Waals surface area contributed by atoms with Crippen LogP contribution in [0.2, 0.25) is 0 Å². The van der Waals surface area contributed by atoms with Gasteiger partial charge in [0, 0.05) is 38.3 Å². The van der Waals surface area contributed by atoms with Gasteiger partial charge in [-0.05, 0) is 31.1 Å². The first-order valence-electron chi connectivity index (χ1n) is 8.22. The average Bonchev–Trinajstić information content (AvgIpc) is 2.91. The van der Waals surface area contributed by atoms with E-state index in [9.17, 15) is 0 Å². The van der Waals surface area contributed by atoms with Gasteiger partial charge in [-0.15, -0.1) is 0 Å². The summed E-state index contributed by atoms with van der Waals surface area (Å²) < 4.78 is 0. The summed E-state index contributed by atoms with van der Waals surface area (Å²) in [4.78, 5) is 13.6. The molecule has 0 aromatic carbocycles. The fraction of sp³-hybridized carbons (Fsp3) is 0.750. The summed E-state index contributed by atoms with van der Waals surface area (Å²) in [5.41, 5.74) is 6.29. The molecule has 2 saturated heterocycles. The van der Waals surface area contributed by atoms with Gasteiger partial charge in [0.1, 0.15) is 18.0 Å². The van der Waals surface area contributed by atoms with Crippen LogP contribution in [0.15, 0.2) is 12.4 Å². The van der Waals surface area contributed by atoms with E-state index in [2.05, 4.69) is 39.7 Å². The molecule has 3 heterocycles. The average molecular weight is 289 g/mol. The van der Waals surface area contributed by atoms with Crippen LogP contribution in [0.1, 0.15) is 33.1 Å². The molecule has 0 amide bonds. The van der Waals surface area contributed by atoms with Gasteiger partial charge >= 0.3 is 0 Å². The lowest BCUT2D eigenvalue weighted by Crippen LogP contribution is -2.32. The number of hydrogen-bond donors (Lipinski definition) is 1. The smallest absolute Gasteiger partial charge is 0.134 e. The Kier molecular flexibility index (Phi) is 4.29. The van der Waals surface area contributed by atoms with Crippen LogP contribution >= 0.6 is 0 Å². The molecule has 2 atom stereocenters. The number of piperidine rings is 1. The molecule has 0 spiro atoms. The van der Waals surface area contributed by atoms with Crippen LogP contribution in [-0.2, 0) is 0 Å². The first-order chi connectivity index (χ1) is 10.1. The molecular weight excluding hydrogens is 262 g/mol. The Morgan fingerprint density at radius 1 is 1.05 bits per heavy atom. The van der Waals surface area contributed by atoms with Crippen LogP contribution < -0.4 is 15.5 Å². The van der Waals surface area contributed by atoms with Crippen LogP contribution in [-0.4, -0.2) is 42.2 Å². The SMILES string of the molecule is CC(C)[C@H]1CN(c2cc(N3CCCCC3)ncn2)C[C@@H]1N. The topological polar surface area (TPSA) is 58.3 Å². The number of nitrogens with two attached hydrogens (primary N) is 1. The van der Waals surface area contributed by atoms with Gasteiger partial charge in [0.05, 0.1) is 0 Å². The minimum absolute atomic E-state index is 0.249. The minimum atomic E-state index is 0.249. The van der Waals surface area contributed by atoms with Crippen LogP contribution in [0.3, 0.4) is 0 Å². The Balaban J connectivity index is 1.74. The van der Waals surface area contributed by atoms with Gasteiger partial charge in [-0.25, -0.2) is 9.97 Å². The summed E-state index contributed by atoms with van der Waals surface area (Å²) >= 11 is 0. The summed E-state index contributed by atoms with van der Waals surface area (Å²) in [7, 11) is 0. The van der Waals surface area contributed by atoms with Gasteiger partial charge in [-0.1, -0.05) is 13.8 Å². The van der Waals surface area contributed by atoms with E-state index in [0.717, 1.165) is 37.8 Å². The van der Waals surface area contributed by atoms with E-state index < -0.39 is 0 Å². The highest BCUT2D eigenvalue weighted by Crippen LogP contribution is 2.28. The fourth-order valence-electron chi connectivity index (χ4n) is 3.55. The Morgan fingerprint density at radius 2 is 1.71 bits per heavy atom. The van der Waals surface area contributed by atoms with Crippen LogP contribution in [0, 0.1) is 11.8 Å². The van der Waals surface area contributed by atoms with Gasteiger partial charge in [0.2, 0.25) is 0 Å². The summed E-state index contributed by atoms with van der Waals surface area (Å²) in [6, 6.07) is 2.39. The lowest BCUT2D eigenvalue weighted by atomic mass is 9.92. The van der Waals surface area contributed by atoms with Crippen molar-refractivity contribution in [3.63, 3.8) is 0 Å². The zero-order valence-corrected chi connectivity index (χ0v) is 13.2. The van der Waals surface area contributed by atoms with Crippen molar-refractivity contribution in [2.45, 2.75) is 39.2 Å². The Hall–Kier alpha value is -1.36. The van der Waals surface area contributed by atoms with Gasteiger partial charge in [0.15, 0.2) is 0 Å². The van der Waals surface area contributed by atoms with Gasteiger partial charge in [0.25, 0.3) is 0 Å². The number of hydrogen-bond acceptors (Lipinski definition) is 5. The number of aromatic nitrogens is 2. The van der Waals surface area contributed by atoms with E-state index >= 15 is 0 Å².